The minimum absolute atomic E-state index is 0. The molecule has 105 valence electrons. The Labute approximate surface area is 125 Å². The fourth-order valence-corrected chi connectivity index (χ4v) is 0.833. The molecule has 0 aliphatic heterocycles. The van der Waals surface area contributed by atoms with Crippen LogP contribution >= 0.6 is 0 Å². The molecule has 3 rings (SSSR count). The van der Waals surface area contributed by atoms with Crippen LogP contribution in [-0.4, -0.2) is 10.2 Å². The molecule has 0 fully saturated rings. The van der Waals surface area contributed by atoms with Gasteiger partial charge in [-0.2, -0.15) is 72.8 Å². The number of aromatic nitrogens is 3. The second-order valence-electron chi connectivity index (χ2n) is 2.77. The standard InChI is InChI=1S/2C6H5.C2H2N3.CH3.Cu/c2*1-2-4-6-5-3-1;1-3-2-5-4-1;;/h2*1-5H;1-2H;1H3;/q4*-1;. The van der Waals surface area contributed by atoms with Gasteiger partial charge in [0.2, 0.25) is 0 Å². The van der Waals surface area contributed by atoms with E-state index in [0.29, 0.717) is 0 Å². The first-order chi connectivity index (χ1) is 8.50. The summed E-state index contributed by atoms with van der Waals surface area (Å²) in [5, 5.41) is 6.72. The maximum absolute atomic E-state index is 3.50. The minimum Gasteiger partial charge on any atom is -0.374 e. The third-order valence-electron chi connectivity index (χ3n) is 1.52. The largest absolute Gasteiger partial charge is 0.374 e. The Hall–Kier alpha value is -1.90. The van der Waals surface area contributed by atoms with Crippen molar-refractivity contribution in [2.45, 2.75) is 0 Å². The van der Waals surface area contributed by atoms with Gasteiger partial charge in [0.15, 0.2) is 0 Å². The van der Waals surface area contributed by atoms with Gasteiger partial charge < -0.3 is 22.6 Å². The summed E-state index contributed by atoms with van der Waals surface area (Å²) >= 11 is 0. The van der Waals surface area contributed by atoms with Crippen molar-refractivity contribution < 1.29 is 17.1 Å². The van der Waals surface area contributed by atoms with E-state index in [2.05, 4.69) is 27.3 Å². The molecule has 2 aromatic carbocycles. The van der Waals surface area contributed by atoms with Gasteiger partial charge in [0.25, 0.3) is 0 Å². The van der Waals surface area contributed by atoms with Crippen molar-refractivity contribution in [3.05, 3.63) is 92.9 Å². The monoisotopic (exact) mass is 300 g/mol. The zero-order chi connectivity index (χ0) is 12.0. The van der Waals surface area contributed by atoms with E-state index in [1.54, 1.807) is 0 Å². The maximum Gasteiger partial charge on any atom is 0 e. The van der Waals surface area contributed by atoms with E-state index in [0.717, 1.165) is 0 Å². The summed E-state index contributed by atoms with van der Waals surface area (Å²) in [6.07, 6.45) is 2.78. The van der Waals surface area contributed by atoms with Crippen molar-refractivity contribution in [2.24, 2.45) is 0 Å². The molecule has 0 aliphatic carbocycles. The Morgan fingerprint density at radius 3 is 1.11 bits per heavy atom. The van der Waals surface area contributed by atoms with Gasteiger partial charge in [-0.1, -0.05) is 0 Å². The molecule has 0 saturated heterocycles. The molecule has 0 bridgehead atoms. The molecule has 0 N–H and O–H groups in total. The van der Waals surface area contributed by atoms with Crippen LogP contribution in [0.5, 0.6) is 0 Å². The van der Waals surface area contributed by atoms with Crippen molar-refractivity contribution >= 4 is 0 Å². The zero-order valence-electron chi connectivity index (χ0n) is 10.6. The molecular formula is C15H15CuN3-4. The summed E-state index contributed by atoms with van der Waals surface area (Å²) in [6.45, 7) is 0. The summed E-state index contributed by atoms with van der Waals surface area (Å²) < 4.78 is 0. The van der Waals surface area contributed by atoms with E-state index in [1.807, 2.05) is 60.7 Å². The first-order valence-electron chi connectivity index (χ1n) is 5.05. The Balaban J connectivity index is 0. The smallest absolute Gasteiger partial charge is 0 e. The summed E-state index contributed by atoms with van der Waals surface area (Å²) in [7, 11) is 0. The van der Waals surface area contributed by atoms with E-state index in [1.165, 1.54) is 12.7 Å². The Kier molecular flexibility index (Phi) is 16.5. The van der Waals surface area contributed by atoms with Crippen molar-refractivity contribution in [2.75, 3.05) is 0 Å². The molecule has 4 heteroatoms. The van der Waals surface area contributed by atoms with Crippen LogP contribution in [-0.2, 0) is 17.1 Å². The third-order valence-corrected chi connectivity index (χ3v) is 1.52. The van der Waals surface area contributed by atoms with E-state index < -0.39 is 0 Å². The topological polar surface area (TPSA) is 39.9 Å². The molecule has 0 spiro atoms. The van der Waals surface area contributed by atoms with Gasteiger partial charge in [-0.15, -0.1) is 0 Å². The Morgan fingerprint density at radius 1 is 0.632 bits per heavy atom. The number of hydrogen-bond acceptors (Lipinski definition) is 2. The van der Waals surface area contributed by atoms with Crippen LogP contribution < -0.4 is 4.98 Å². The number of hydrogen-bond donors (Lipinski definition) is 0. The quantitative estimate of drug-likeness (QED) is 0.473. The first kappa shape index (κ1) is 19.4. The van der Waals surface area contributed by atoms with Gasteiger partial charge >= 0.3 is 0 Å². The van der Waals surface area contributed by atoms with E-state index in [-0.39, 0.29) is 24.5 Å². The molecular weight excluding hydrogens is 286 g/mol. The van der Waals surface area contributed by atoms with Crippen molar-refractivity contribution in [3.8, 4) is 0 Å². The van der Waals surface area contributed by atoms with Gasteiger partial charge in [-0.25, -0.2) is 0 Å². The SMILES string of the molecule is [CH3-].[Cu].[c-]1ccccc1.[c-]1ccccc1.c1nnc[n-]1. The first-order valence-corrected chi connectivity index (χ1v) is 5.05. The van der Waals surface area contributed by atoms with Gasteiger partial charge in [-0.3, -0.25) is 0 Å². The van der Waals surface area contributed by atoms with Gasteiger partial charge in [0, 0.05) is 17.1 Å². The molecule has 1 radical (unpaired) electrons. The molecule has 0 atom stereocenters. The molecule has 0 unspecified atom stereocenters. The summed E-state index contributed by atoms with van der Waals surface area (Å²) in [5.74, 6) is 0. The molecule has 3 nitrogen and oxygen atoms in total. The van der Waals surface area contributed by atoms with E-state index in [9.17, 15) is 0 Å². The number of benzene rings is 2. The fraction of sp³-hybridized carbons (Fsp3) is 0. The second-order valence-corrected chi connectivity index (χ2v) is 2.77. The van der Waals surface area contributed by atoms with Crippen LogP contribution in [0.1, 0.15) is 0 Å². The van der Waals surface area contributed by atoms with Crippen LogP contribution in [0.15, 0.2) is 73.3 Å². The average Bonchev–Trinajstić information content (AvgIpc) is 3.03. The molecule has 1 heterocycles. The number of rotatable bonds is 0. The van der Waals surface area contributed by atoms with Gasteiger partial charge in [-0.05, 0) is 12.7 Å². The summed E-state index contributed by atoms with van der Waals surface area (Å²) in [4.78, 5) is 3.50. The van der Waals surface area contributed by atoms with Gasteiger partial charge in [0.05, 0.1) is 0 Å². The van der Waals surface area contributed by atoms with Crippen LogP contribution in [0, 0.1) is 19.6 Å². The van der Waals surface area contributed by atoms with E-state index in [4.69, 9.17) is 0 Å². The molecule has 0 saturated carbocycles. The molecule has 1 aromatic heterocycles. The predicted molar refractivity (Wildman–Crippen MR) is 72.3 cm³/mol. The zero-order valence-corrected chi connectivity index (χ0v) is 11.5. The van der Waals surface area contributed by atoms with Crippen LogP contribution in [0.4, 0.5) is 0 Å². The van der Waals surface area contributed by atoms with Crippen LogP contribution in [0.2, 0.25) is 0 Å². The number of nitrogens with zero attached hydrogens (tertiary/aromatic N) is 3. The predicted octanol–water partition coefficient (Wildman–Crippen LogP) is 2.86. The molecule has 0 aliphatic rings. The van der Waals surface area contributed by atoms with Crippen LogP contribution in [0.25, 0.3) is 0 Å². The van der Waals surface area contributed by atoms with E-state index >= 15 is 0 Å². The fourth-order valence-electron chi connectivity index (χ4n) is 0.833. The third kappa shape index (κ3) is 14.0. The minimum atomic E-state index is 0. The molecule has 3 aromatic rings. The Bertz CT molecular complexity index is 327. The maximum atomic E-state index is 3.50. The Morgan fingerprint density at radius 2 is 1.00 bits per heavy atom. The van der Waals surface area contributed by atoms with Crippen molar-refractivity contribution in [1.29, 1.82) is 0 Å². The molecule has 0 amide bonds. The summed E-state index contributed by atoms with van der Waals surface area (Å²) in [6, 6.07) is 25.0. The molecule has 19 heavy (non-hydrogen) atoms. The van der Waals surface area contributed by atoms with Gasteiger partial charge in [0.1, 0.15) is 0 Å². The average molecular weight is 301 g/mol. The van der Waals surface area contributed by atoms with Crippen molar-refractivity contribution in [3.63, 3.8) is 0 Å². The summed E-state index contributed by atoms with van der Waals surface area (Å²) in [5.41, 5.74) is 0. The normalized spacial score (nSPS) is 7.16. The van der Waals surface area contributed by atoms with Crippen molar-refractivity contribution in [1.82, 2.24) is 15.2 Å². The van der Waals surface area contributed by atoms with Crippen LogP contribution in [0.3, 0.4) is 0 Å². The second kappa shape index (κ2) is 16.1.